The Bertz CT molecular complexity index is 241. The van der Waals surface area contributed by atoms with Gasteiger partial charge in [-0.3, -0.25) is 4.90 Å². The van der Waals surface area contributed by atoms with E-state index in [1.54, 1.807) is 0 Å². The van der Waals surface area contributed by atoms with Gasteiger partial charge in [-0.1, -0.05) is 26.2 Å². The summed E-state index contributed by atoms with van der Waals surface area (Å²) in [6.07, 6.45) is 8.82. The van der Waals surface area contributed by atoms with Crippen molar-refractivity contribution in [2.75, 3.05) is 26.2 Å². The Labute approximate surface area is 106 Å². The molecule has 4 unspecified atom stereocenters. The van der Waals surface area contributed by atoms with Crippen molar-refractivity contribution < 1.29 is 0 Å². The van der Waals surface area contributed by atoms with Gasteiger partial charge >= 0.3 is 0 Å². The molecule has 17 heavy (non-hydrogen) atoms. The lowest BCUT2D eigenvalue weighted by molar-refractivity contribution is 0.204. The molecule has 3 rings (SSSR count). The maximum atomic E-state index is 3.55. The minimum Gasteiger partial charge on any atom is -0.316 e. The first-order valence-electron chi connectivity index (χ1n) is 7.81. The summed E-state index contributed by atoms with van der Waals surface area (Å²) < 4.78 is 0. The quantitative estimate of drug-likeness (QED) is 0.741. The van der Waals surface area contributed by atoms with E-state index >= 15 is 0 Å². The molecule has 2 heterocycles. The molecule has 2 aliphatic heterocycles. The number of hydrogen-bond donors (Lipinski definition) is 1. The molecule has 4 atom stereocenters. The number of likely N-dealkylation sites (tertiary alicyclic amines) is 1. The smallest absolute Gasteiger partial charge is 0.00956 e. The lowest BCUT2D eigenvalue weighted by Gasteiger charge is -2.27. The van der Waals surface area contributed by atoms with Crippen molar-refractivity contribution in [2.24, 2.45) is 17.8 Å². The summed E-state index contributed by atoms with van der Waals surface area (Å²) in [5, 5.41) is 3.55. The van der Waals surface area contributed by atoms with Crippen LogP contribution < -0.4 is 5.32 Å². The molecule has 0 aromatic carbocycles. The number of nitrogens with zero attached hydrogens (tertiary/aromatic N) is 1. The molecular weight excluding hydrogens is 208 g/mol. The monoisotopic (exact) mass is 236 g/mol. The van der Waals surface area contributed by atoms with Crippen LogP contribution in [0.3, 0.4) is 0 Å². The molecule has 2 saturated heterocycles. The molecule has 0 aromatic heterocycles. The van der Waals surface area contributed by atoms with Crippen LogP contribution in [-0.4, -0.2) is 37.1 Å². The fourth-order valence-corrected chi connectivity index (χ4v) is 4.32. The lowest BCUT2D eigenvalue weighted by atomic mass is 9.97. The van der Waals surface area contributed by atoms with E-state index in [0.29, 0.717) is 0 Å². The topological polar surface area (TPSA) is 15.3 Å². The molecule has 0 spiro atoms. The first kappa shape index (κ1) is 12.0. The predicted octanol–water partition coefficient (Wildman–Crippen LogP) is 2.50. The molecular formula is C15H28N2. The molecule has 3 aliphatic rings. The van der Waals surface area contributed by atoms with E-state index in [1.165, 1.54) is 64.7 Å². The average molecular weight is 236 g/mol. The van der Waals surface area contributed by atoms with Crippen LogP contribution in [-0.2, 0) is 0 Å². The van der Waals surface area contributed by atoms with Gasteiger partial charge < -0.3 is 5.32 Å². The highest BCUT2D eigenvalue weighted by molar-refractivity contribution is 4.94. The molecule has 1 N–H and O–H groups in total. The van der Waals surface area contributed by atoms with Crippen molar-refractivity contribution >= 4 is 0 Å². The number of nitrogens with one attached hydrogen (secondary N) is 1. The van der Waals surface area contributed by atoms with Gasteiger partial charge in [0.15, 0.2) is 0 Å². The number of rotatable bonds is 2. The Kier molecular flexibility index (Phi) is 3.72. The molecule has 2 nitrogen and oxygen atoms in total. The Morgan fingerprint density at radius 2 is 1.76 bits per heavy atom. The Balaban J connectivity index is 1.54. The second kappa shape index (κ2) is 5.27. The zero-order chi connectivity index (χ0) is 11.7. The van der Waals surface area contributed by atoms with Crippen LogP contribution in [0, 0.1) is 17.8 Å². The van der Waals surface area contributed by atoms with Crippen molar-refractivity contribution in [1.29, 1.82) is 0 Å². The van der Waals surface area contributed by atoms with Crippen molar-refractivity contribution in [2.45, 2.75) is 51.5 Å². The van der Waals surface area contributed by atoms with Crippen molar-refractivity contribution in [3.8, 4) is 0 Å². The maximum absolute atomic E-state index is 3.55. The van der Waals surface area contributed by atoms with Gasteiger partial charge in [-0.05, 0) is 50.1 Å². The van der Waals surface area contributed by atoms with Crippen LogP contribution in [0.15, 0.2) is 0 Å². The molecule has 3 fully saturated rings. The zero-order valence-electron chi connectivity index (χ0n) is 11.3. The number of fused-ring (bicyclic) bond motifs is 1. The van der Waals surface area contributed by atoms with E-state index in [1.807, 2.05) is 0 Å². The highest BCUT2D eigenvalue weighted by Crippen LogP contribution is 2.33. The zero-order valence-corrected chi connectivity index (χ0v) is 11.3. The standard InChI is InChI=1S/C15H28N2/c1-2-12-4-3-5-15(7-6-12)17-10-13-8-16-9-14(13)11-17/h12-16H,2-11H2,1H3. The van der Waals surface area contributed by atoms with E-state index in [4.69, 9.17) is 0 Å². The fourth-order valence-electron chi connectivity index (χ4n) is 4.32. The third-order valence-corrected chi connectivity index (χ3v) is 5.57. The number of hydrogen-bond acceptors (Lipinski definition) is 2. The first-order valence-corrected chi connectivity index (χ1v) is 7.81. The summed E-state index contributed by atoms with van der Waals surface area (Å²) in [7, 11) is 0. The summed E-state index contributed by atoms with van der Waals surface area (Å²) in [6, 6.07) is 0.928. The predicted molar refractivity (Wildman–Crippen MR) is 72.1 cm³/mol. The van der Waals surface area contributed by atoms with Crippen molar-refractivity contribution in [3.63, 3.8) is 0 Å². The van der Waals surface area contributed by atoms with Gasteiger partial charge in [0.2, 0.25) is 0 Å². The summed E-state index contributed by atoms with van der Waals surface area (Å²) in [6.45, 7) is 7.71. The molecule has 0 aromatic rings. The van der Waals surface area contributed by atoms with Gasteiger partial charge in [0, 0.05) is 19.1 Å². The second-order valence-electron chi connectivity index (χ2n) is 6.57. The summed E-state index contributed by atoms with van der Waals surface area (Å²) in [5.74, 6) is 2.98. The van der Waals surface area contributed by atoms with Gasteiger partial charge in [-0.2, -0.15) is 0 Å². The van der Waals surface area contributed by atoms with Gasteiger partial charge in [-0.15, -0.1) is 0 Å². The Morgan fingerprint density at radius 3 is 2.47 bits per heavy atom. The first-order chi connectivity index (χ1) is 8.36. The van der Waals surface area contributed by atoms with Crippen LogP contribution in [0.4, 0.5) is 0 Å². The minimum atomic E-state index is 0.928. The highest BCUT2D eigenvalue weighted by Gasteiger charge is 2.38. The molecule has 2 heteroatoms. The van der Waals surface area contributed by atoms with Gasteiger partial charge in [0.1, 0.15) is 0 Å². The summed E-state index contributed by atoms with van der Waals surface area (Å²) >= 11 is 0. The van der Waals surface area contributed by atoms with Gasteiger partial charge in [-0.25, -0.2) is 0 Å². The molecule has 0 amide bonds. The van der Waals surface area contributed by atoms with Crippen LogP contribution in [0.2, 0.25) is 0 Å². The highest BCUT2D eigenvalue weighted by atomic mass is 15.2. The van der Waals surface area contributed by atoms with Crippen LogP contribution >= 0.6 is 0 Å². The van der Waals surface area contributed by atoms with E-state index < -0.39 is 0 Å². The summed E-state index contributed by atoms with van der Waals surface area (Å²) in [4.78, 5) is 2.84. The molecule has 0 radical (unpaired) electrons. The second-order valence-corrected chi connectivity index (χ2v) is 6.57. The lowest BCUT2D eigenvalue weighted by Crippen LogP contribution is -2.35. The minimum absolute atomic E-state index is 0.928. The van der Waals surface area contributed by atoms with E-state index in [0.717, 1.165) is 23.8 Å². The molecule has 1 saturated carbocycles. The Hall–Kier alpha value is -0.0800. The van der Waals surface area contributed by atoms with Gasteiger partial charge in [0.25, 0.3) is 0 Å². The normalized spacial score (nSPS) is 43.6. The van der Waals surface area contributed by atoms with Crippen LogP contribution in [0.5, 0.6) is 0 Å². The van der Waals surface area contributed by atoms with Gasteiger partial charge in [0.05, 0.1) is 0 Å². The third kappa shape index (κ3) is 2.53. The van der Waals surface area contributed by atoms with E-state index in [-0.39, 0.29) is 0 Å². The maximum Gasteiger partial charge on any atom is 0.00956 e. The fraction of sp³-hybridized carbons (Fsp3) is 1.00. The third-order valence-electron chi connectivity index (χ3n) is 5.57. The van der Waals surface area contributed by atoms with E-state index in [9.17, 15) is 0 Å². The largest absolute Gasteiger partial charge is 0.316 e. The van der Waals surface area contributed by atoms with Crippen LogP contribution in [0.1, 0.15) is 45.4 Å². The molecule has 1 aliphatic carbocycles. The van der Waals surface area contributed by atoms with Crippen molar-refractivity contribution in [1.82, 2.24) is 10.2 Å². The molecule has 98 valence electrons. The molecule has 0 bridgehead atoms. The summed E-state index contributed by atoms with van der Waals surface area (Å²) in [5.41, 5.74) is 0. The van der Waals surface area contributed by atoms with Crippen molar-refractivity contribution in [3.05, 3.63) is 0 Å². The van der Waals surface area contributed by atoms with E-state index in [2.05, 4.69) is 17.1 Å². The average Bonchev–Trinajstić information content (AvgIpc) is 2.83. The Morgan fingerprint density at radius 1 is 1.00 bits per heavy atom. The SMILES string of the molecule is CCC1CCCC(N2CC3CNCC3C2)CC1. The van der Waals surface area contributed by atoms with Crippen LogP contribution in [0.25, 0.3) is 0 Å².